The van der Waals surface area contributed by atoms with E-state index in [2.05, 4.69) is 77.5 Å². The molecule has 0 atom stereocenters. The van der Waals surface area contributed by atoms with E-state index < -0.39 is 0 Å². The van der Waals surface area contributed by atoms with Crippen molar-refractivity contribution in [3.63, 3.8) is 0 Å². The van der Waals surface area contributed by atoms with E-state index in [1.54, 1.807) is 0 Å². The van der Waals surface area contributed by atoms with Crippen molar-refractivity contribution in [3.8, 4) is 11.1 Å². The molecule has 0 saturated carbocycles. The van der Waals surface area contributed by atoms with Crippen LogP contribution < -0.4 is 0 Å². The third kappa shape index (κ3) is 1.85. The van der Waals surface area contributed by atoms with Gasteiger partial charge < -0.3 is 0 Å². The highest BCUT2D eigenvalue weighted by molar-refractivity contribution is 9.10. The van der Waals surface area contributed by atoms with Crippen LogP contribution in [0.15, 0.2) is 65.1 Å². The van der Waals surface area contributed by atoms with Crippen molar-refractivity contribution in [2.24, 2.45) is 0 Å². The van der Waals surface area contributed by atoms with Gasteiger partial charge in [-0.25, -0.2) is 0 Å². The molecule has 0 aliphatic heterocycles. The molecular weight excluding hydrogens is 284 g/mol. The van der Waals surface area contributed by atoms with Crippen molar-refractivity contribution in [2.75, 3.05) is 0 Å². The van der Waals surface area contributed by atoms with Crippen molar-refractivity contribution in [3.05, 3.63) is 70.7 Å². The summed E-state index contributed by atoms with van der Waals surface area (Å²) in [6, 6.07) is 21.3. The molecule has 0 radical (unpaired) electrons. The standard InChI is InChI=1S/C17H13Br/c1-12-10-11-15(14-7-3-2-6-13(12)14)16-8-4-5-9-17(16)18/h2-11H,1H3. The topological polar surface area (TPSA) is 0 Å². The van der Waals surface area contributed by atoms with Crippen LogP contribution in [0, 0.1) is 6.92 Å². The predicted octanol–water partition coefficient (Wildman–Crippen LogP) is 5.58. The summed E-state index contributed by atoms with van der Waals surface area (Å²) in [5.41, 5.74) is 3.85. The molecule has 0 heterocycles. The van der Waals surface area contributed by atoms with Crippen LogP contribution in [0.3, 0.4) is 0 Å². The SMILES string of the molecule is Cc1ccc(-c2ccccc2Br)c2ccccc12. The quantitative estimate of drug-likeness (QED) is 0.550. The third-order valence-electron chi connectivity index (χ3n) is 3.31. The first-order valence-corrected chi connectivity index (χ1v) is 6.80. The highest BCUT2D eigenvalue weighted by Gasteiger charge is 2.07. The number of aryl methyl sites for hydroxylation is 1. The summed E-state index contributed by atoms with van der Waals surface area (Å²) in [4.78, 5) is 0. The van der Waals surface area contributed by atoms with E-state index in [9.17, 15) is 0 Å². The van der Waals surface area contributed by atoms with Crippen LogP contribution in [0.5, 0.6) is 0 Å². The van der Waals surface area contributed by atoms with Gasteiger partial charge in [0.2, 0.25) is 0 Å². The maximum absolute atomic E-state index is 3.64. The van der Waals surface area contributed by atoms with Crippen molar-refractivity contribution < 1.29 is 0 Å². The summed E-state index contributed by atoms with van der Waals surface area (Å²) < 4.78 is 1.14. The monoisotopic (exact) mass is 296 g/mol. The first kappa shape index (κ1) is 11.5. The lowest BCUT2D eigenvalue weighted by molar-refractivity contribution is 1.52. The van der Waals surface area contributed by atoms with Crippen LogP contribution in [0.2, 0.25) is 0 Å². The fraction of sp³-hybridized carbons (Fsp3) is 0.0588. The Bertz CT molecular complexity index is 714. The molecule has 1 heteroatoms. The van der Waals surface area contributed by atoms with Crippen molar-refractivity contribution in [1.29, 1.82) is 0 Å². The summed E-state index contributed by atoms with van der Waals surface area (Å²) in [5, 5.41) is 2.63. The Labute approximate surface area is 115 Å². The molecule has 0 fully saturated rings. The number of hydrogen-bond acceptors (Lipinski definition) is 0. The maximum Gasteiger partial charge on any atom is 0.0253 e. The van der Waals surface area contributed by atoms with Gasteiger partial charge in [-0.2, -0.15) is 0 Å². The zero-order valence-electron chi connectivity index (χ0n) is 10.2. The molecule has 3 rings (SSSR count). The summed E-state index contributed by atoms with van der Waals surface area (Å²) in [5.74, 6) is 0. The highest BCUT2D eigenvalue weighted by atomic mass is 79.9. The number of halogens is 1. The molecule has 3 aromatic carbocycles. The molecule has 0 saturated heterocycles. The van der Waals surface area contributed by atoms with Crippen molar-refractivity contribution in [1.82, 2.24) is 0 Å². The summed E-state index contributed by atoms with van der Waals surface area (Å²) in [7, 11) is 0. The summed E-state index contributed by atoms with van der Waals surface area (Å²) in [6.45, 7) is 2.16. The first-order chi connectivity index (χ1) is 8.77. The Kier molecular flexibility index (Phi) is 2.92. The molecule has 0 nitrogen and oxygen atoms in total. The van der Waals surface area contributed by atoms with Crippen LogP contribution in [0.1, 0.15) is 5.56 Å². The number of hydrogen-bond donors (Lipinski definition) is 0. The predicted molar refractivity (Wildman–Crippen MR) is 81.8 cm³/mol. The van der Waals surface area contributed by atoms with Gasteiger partial charge in [-0.1, -0.05) is 70.5 Å². The Hall–Kier alpha value is -1.60. The van der Waals surface area contributed by atoms with Crippen molar-refractivity contribution >= 4 is 26.7 Å². The average Bonchev–Trinajstić information content (AvgIpc) is 2.41. The molecule has 18 heavy (non-hydrogen) atoms. The summed E-state index contributed by atoms with van der Waals surface area (Å²) in [6.07, 6.45) is 0. The molecule has 3 aromatic rings. The largest absolute Gasteiger partial charge is 0.0616 e. The molecule has 88 valence electrons. The van der Waals surface area contributed by atoms with Gasteiger partial charge in [0, 0.05) is 4.47 Å². The molecule has 0 amide bonds. The van der Waals surface area contributed by atoms with Gasteiger partial charge in [-0.3, -0.25) is 0 Å². The Morgan fingerprint density at radius 1 is 0.667 bits per heavy atom. The smallest absolute Gasteiger partial charge is 0.0253 e. The van der Waals surface area contributed by atoms with Gasteiger partial charge in [0.05, 0.1) is 0 Å². The fourth-order valence-corrected chi connectivity index (χ4v) is 2.86. The van der Waals surface area contributed by atoms with Crippen LogP contribution in [-0.2, 0) is 0 Å². The lowest BCUT2D eigenvalue weighted by Gasteiger charge is -2.10. The number of fused-ring (bicyclic) bond motifs is 1. The molecule has 0 spiro atoms. The minimum atomic E-state index is 1.14. The third-order valence-corrected chi connectivity index (χ3v) is 4.00. The van der Waals surface area contributed by atoms with E-state index in [0.717, 1.165) is 4.47 Å². The zero-order chi connectivity index (χ0) is 12.5. The lowest BCUT2D eigenvalue weighted by Crippen LogP contribution is -1.85. The van der Waals surface area contributed by atoms with Gasteiger partial charge in [0.1, 0.15) is 0 Å². The van der Waals surface area contributed by atoms with Crippen molar-refractivity contribution in [2.45, 2.75) is 6.92 Å². The number of benzene rings is 3. The maximum atomic E-state index is 3.64. The molecular formula is C17H13Br. The second kappa shape index (κ2) is 4.58. The lowest BCUT2D eigenvalue weighted by atomic mass is 9.96. The van der Waals surface area contributed by atoms with Gasteiger partial charge in [0.15, 0.2) is 0 Å². The van der Waals surface area contributed by atoms with Gasteiger partial charge in [-0.15, -0.1) is 0 Å². The molecule has 0 aliphatic carbocycles. The summed E-state index contributed by atoms with van der Waals surface area (Å²) >= 11 is 3.64. The normalized spacial score (nSPS) is 10.8. The molecule has 0 aromatic heterocycles. The van der Waals surface area contributed by atoms with Gasteiger partial charge >= 0.3 is 0 Å². The Balaban J connectivity index is 2.38. The number of rotatable bonds is 1. The molecule has 0 N–H and O–H groups in total. The Morgan fingerprint density at radius 2 is 1.33 bits per heavy atom. The van der Waals surface area contributed by atoms with Crippen LogP contribution in [0.4, 0.5) is 0 Å². The van der Waals surface area contributed by atoms with E-state index in [4.69, 9.17) is 0 Å². The first-order valence-electron chi connectivity index (χ1n) is 6.00. The second-order valence-electron chi connectivity index (χ2n) is 4.46. The van der Waals surface area contributed by atoms with E-state index in [1.165, 1.54) is 27.5 Å². The Morgan fingerprint density at radius 3 is 2.11 bits per heavy atom. The molecule has 0 aliphatic rings. The van der Waals surface area contributed by atoms with Gasteiger partial charge in [0.25, 0.3) is 0 Å². The van der Waals surface area contributed by atoms with Gasteiger partial charge in [-0.05, 0) is 40.5 Å². The fourth-order valence-electron chi connectivity index (χ4n) is 2.36. The van der Waals surface area contributed by atoms with E-state index in [0.29, 0.717) is 0 Å². The van der Waals surface area contributed by atoms with Crippen LogP contribution in [0.25, 0.3) is 21.9 Å². The highest BCUT2D eigenvalue weighted by Crippen LogP contribution is 2.34. The molecule has 0 unspecified atom stereocenters. The average molecular weight is 297 g/mol. The molecule has 0 bridgehead atoms. The minimum Gasteiger partial charge on any atom is -0.0616 e. The van der Waals surface area contributed by atoms with Crippen LogP contribution >= 0.6 is 15.9 Å². The van der Waals surface area contributed by atoms with E-state index in [1.807, 2.05) is 6.07 Å². The second-order valence-corrected chi connectivity index (χ2v) is 5.31. The van der Waals surface area contributed by atoms with Crippen LogP contribution in [-0.4, -0.2) is 0 Å². The minimum absolute atomic E-state index is 1.14. The zero-order valence-corrected chi connectivity index (χ0v) is 11.7. The van der Waals surface area contributed by atoms with E-state index >= 15 is 0 Å². The van der Waals surface area contributed by atoms with E-state index in [-0.39, 0.29) is 0 Å².